The van der Waals surface area contributed by atoms with Crippen molar-refractivity contribution in [2.75, 3.05) is 13.1 Å². The van der Waals surface area contributed by atoms with E-state index in [-0.39, 0.29) is 11.7 Å². The number of hydrogen-bond donors (Lipinski definition) is 1. The maximum absolute atomic E-state index is 14.5. The van der Waals surface area contributed by atoms with Gasteiger partial charge in [0.05, 0.1) is 10.9 Å². The van der Waals surface area contributed by atoms with Gasteiger partial charge in [0, 0.05) is 18.7 Å². The molecule has 0 bridgehead atoms. The van der Waals surface area contributed by atoms with Crippen LogP contribution in [0.5, 0.6) is 5.88 Å². The molecule has 0 amide bonds. The van der Waals surface area contributed by atoms with Crippen LogP contribution in [-0.4, -0.2) is 37.7 Å². The molecule has 0 aliphatic rings. The molecule has 124 valence electrons. The Hall–Kier alpha value is -2.51. The normalized spacial score (nSPS) is 12.6. The van der Waals surface area contributed by atoms with E-state index in [1.54, 1.807) is 30.4 Å². The molecule has 1 atom stereocenters. The van der Waals surface area contributed by atoms with Crippen molar-refractivity contribution in [3.05, 3.63) is 72.2 Å². The maximum atomic E-state index is 14.5. The van der Waals surface area contributed by atoms with Gasteiger partial charge in [-0.1, -0.05) is 41.7 Å². The molecule has 5 nitrogen and oxygen atoms in total. The summed E-state index contributed by atoms with van der Waals surface area (Å²) in [5.41, 5.74) is 0.473. The molecular weight excluding hydrogens is 327 g/mol. The standard InChI is InChI=1S/C17H17FN4OS/c1-3-9-21(10-4-2)14(12-7-5-6-8-13(12)18)15-16(23)22-17(24-15)19-11-20-22/h3-8,11,14,23H,1-2,9-10H2. The fourth-order valence-corrected chi connectivity index (χ4v) is 3.77. The predicted octanol–water partition coefficient (Wildman–Crippen LogP) is 3.40. The number of hydrogen-bond acceptors (Lipinski definition) is 5. The first-order valence-corrected chi connectivity index (χ1v) is 8.20. The Labute approximate surface area is 143 Å². The second kappa shape index (κ2) is 6.94. The summed E-state index contributed by atoms with van der Waals surface area (Å²) in [6, 6.07) is 6.06. The van der Waals surface area contributed by atoms with Gasteiger partial charge < -0.3 is 5.11 Å². The van der Waals surface area contributed by atoms with Gasteiger partial charge in [0.1, 0.15) is 12.1 Å². The third-order valence-electron chi connectivity index (χ3n) is 3.68. The minimum Gasteiger partial charge on any atom is -0.492 e. The Bertz CT molecular complexity index is 862. The van der Waals surface area contributed by atoms with Gasteiger partial charge in [-0.25, -0.2) is 9.37 Å². The first kappa shape index (κ1) is 16.4. The van der Waals surface area contributed by atoms with Crippen LogP contribution in [0.15, 0.2) is 55.9 Å². The highest BCUT2D eigenvalue weighted by atomic mass is 32.1. The van der Waals surface area contributed by atoms with Crippen LogP contribution < -0.4 is 0 Å². The first-order valence-electron chi connectivity index (χ1n) is 7.39. The van der Waals surface area contributed by atoms with E-state index in [0.717, 1.165) is 0 Å². The SMILES string of the molecule is C=CCN(CC=C)C(c1ccccc1F)c1sc2ncnn2c1O. The lowest BCUT2D eigenvalue weighted by Crippen LogP contribution is -2.30. The van der Waals surface area contributed by atoms with Crippen molar-refractivity contribution in [2.45, 2.75) is 6.04 Å². The van der Waals surface area contributed by atoms with Crippen LogP contribution in [0.1, 0.15) is 16.5 Å². The molecule has 0 saturated heterocycles. The van der Waals surface area contributed by atoms with E-state index < -0.39 is 6.04 Å². The topological polar surface area (TPSA) is 53.7 Å². The van der Waals surface area contributed by atoms with E-state index in [4.69, 9.17) is 0 Å². The van der Waals surface area contributed by atoms with Crippen molar-refractivity contribution in [1.29, 1.82) is 0 Å². The monoisotopic (exact) mass is 344 g/mol. The zero-order valence-corrected chi connectivity index (χ0v) is 13.8. The highest BCUT2D eigenvalue weighted by Gasteiger charge is 2.29. The van der Waals surface area contributed by atoms with Crippen molar-refractivity contribution in [1.82, 2.24) is 19.5 Å². The van der Waals surface area contributed by atoms with Crippen molar-refractivity contribution >= 4 is 16.3 Å². The maximum Gasteiger partial charge on any atom is 0.230 e. The molecule has 0 fully saturated rings. The highest BCUT2D eigenvalue weighted by Crippen LogP contribution is 2.40. The smallest absolute Gasteiger partial charge is 0.230 e. The van der Waals surface area contributed by atoms with E-state index in [0.29, 0.717) is 28.5 Å². The summed E-state index contributed by atoms with van der Waals surface area (Å²) in [4.78, 5) is 7.22. The van der Waals surface area contributed by atoms with Gasteiger partial charge in [0.2, 0.25) is 10.8 Å². The summed E-state index contributed by atoms with van der Waals surface area (Å²) in [6.07, 6.45) is 4.86. The third-order valence-corrected chi connectivity index (χ3v) is 4.77. The van der Waals surface area contributed by atoms with Crippen LogP contribution in [-0.2, 0) is 0 Å². The Kier molecular flexibility index (Phi) is 4.73. The number of benzene rings is 1. The van der Waals surface area contributed by atoms with E-state index in [9.17, 15) is 9.50 Å². The van der Waals surface area contributed by atoms with Gasteiger partial charge in [-0.2, -0.15) is 9.61 Å². The second-order valence-electron chi connectivity index (χ2n) is 5.20. The average Bonchev–Trinajstić information content (AvgIpc) is 3.14. The number of aromatic nitrogens is 3. The van der Waals surface area contributed by atoms with E-state index in [1.165, 1.54) is 28.2 Å². The quantitative estimate of drug-likeness (QED) is 0.668. The molecule has 0 saturated carbocycles. The molecule has 0 radical (unpaired) electrons. The number of nitrogens with zero attached hydrogens (tertiary/aromatic N) is 4. The highest BCUT2D eigenvalue weighted by molar-refractivity contribution is 7.17. The lowest BCUT2D eigenvalue weighted by Gasteiger charge is -2.29. The zero-order chi connectivity index (χ0) is 17.1. The number of halogens is 1. The van der Waals surface area contributed by atoms with Crippen LogP contribution in [0.25, 0.3) is 4.96 Å². The molecule has 3 aromatic rings. The zero-order valence-electron chi connectivity index (χ0n) is 13.0. The van der Waals surface area contributed by atoms with Gasteiger partial charge in [-0.15, -0.1) is 13.2 Å². The average molecular weight is 344 g/mol. The molecule has 1 aromatic carbocycles. The second-order valence-corrected chi connectivity index (χ2v) is 6.21. The van der Waals surface area contributed by atoms with Crippen molar-refractivity contribution in [2.24, 2.45) is 0 Å². The molecule has 1 N–H and O–H groups in total. The Morgan fingerprint density at radius 1 is 1.29 bits per heavy atom. The van der Waals surface area contributed by atoms with Crippen molar-refractivity contribution in [3.63, 3.8) is 0 Å². The molecule has 0 aliphatic carbocycles. The van der Waals surface area contributed by atoms with Crippen LogP contribution in [0.3, 0.4) is 0 Å². The van der Waals surface area contributed by atoms with Crippen molar-refractivity contribution < 1.29 is 9.50 Å². The lowest BCUT2D eigenvalue weighted by molar-refractivity contribution is 0.269. The van der Waals surface area contributed by atoms with Crippen LogP contribution in [0, 0.1) is 5.82 Å². The Morgan fingerprint density at radius 3 is 2.62 bits per heavy atom. The number of fused-ring (bicyclic) bond motifs is 1. The number of rotatable bonds is 7. The predicted molar refractivity (Wildman–Crippen MR) is 92.7 cm³/mol. The molecule has 0 spiro atoms. The minimum atomic E-state index is -0.490. The molecule has 7 heteroatoms. The molecule has 2 heterocycles. The first-order chi connectivity index (χ1) is 11.7. The van der Waals surface area contributed by atoms with Gasteiger partial charge in [-0.05, 0) is 6.07 Å². The van der Waals surface area contributed by atoms with E-state index in [2.05, 4.69) is 23.2 Å². The minimum absolute atomic E-state index is 0.0288. The molecule has 0 aliphatic heterocycles. The van der Waals surface area contributed by atoms with Gasteiger partial charge in [0.25, 0.3) is 0 Å². The summed E-state index contributed by atoms with van der Waals surface area (Å²) in [7, 11) is 0. The van der Waals surface area contributed by atoms with Gasteiger partial charge >= 0.3 is 0 Å². The Morgan fingerprint density at radius 2 is 2.00 bits per heavy atom. The molecule has 1 unspecified atom stereocenters. The summed E-state index contributed by atoms with van der Waals surface area (Å²) in [6.45, 7) is 8.57. The van der Waals surface area contributed by atoms with Crippen LogP contribution in [0.4, 0.5) is 4.39 Å². The fraction of sp³-hybridized carbons (Fsp3) is 0.176. The molecule has 3 rings (SSSR count). The molecular formula is C17H17FN4OS. The van der Waals surface area contributed by atoms with Gasteiger partial charge in [-0.3, -0.25) is 4.90 Å². The van der Waals surface area contributed by atoms with E-state index in [1.807, 2.05) is 4.90 Å². The number of thiazole rings is 1. The Balaban J connectivity index is 2.18. The van der Waals surface area contributed by atoms with Crippen LogP contribution in [0.2, 0.25) is 0 Å². The number of aromatic hydroxyl groups is 1. The summed E-state index contributed by atoms with van der Waals surface area (Å²) in [5.74, 6) is -0.363. The van der Waals surface area contributed by atoms with E-state index >= 15 is 0 Å². The third kappa shape index (κ3) is 2.83. The summed E-state index contributed by atoms with van der Waals surface area (Å²) >= 11 is 1.28. The molecule has 24 heavy (non-hydrogen) atoms. The largest absolute Gasteiger partial charge is 0.492 e. The molecule has 2 aromatic heterocycles. The summed E-state index contributed by atoms with van der Waals surface area (Å²) in [5, 5.41) is 14.6. The van der Waals surface area contributed by atoms with Gasteiger partial charge in [0.15, 0.2) is 0 Å². The fourth-order valence-electron chi connectivity index (χ4n) is 2.69. The van der Waals surface area contributed by atoms with Crippen molar-refractivity contribution in [3.8, 4) is 5.88 Å². The summed E-state index contributed by atoms with van der Waals surface area (Å²) < 4.78 is 15.8. The lowest BCUT2D eigenvalue weighted by atomic mass is 10.0. The van der Waals surface area contributed by atoms with Crippen LogP contribution >= 0.6 is 11.3 Å².